The molecule has 5 nitrogen and oxygen atoms in total. The molecule has 1 N–H and O–H groups in total. The monoisotopic (exact) mass is 542 g/mol. The summed E-state index contributed by atoms with van der Waals surface area (Å²) >= 11 is 12.9. The zero-order chi connectivity index (χ0) is 27.3. The van der Waals surface area contributed by atoms with Crippen LogP contribution in [-0.2, 0) is 4.79 Å². The molecule has 0 aromatic heterocycles. The van der Waals surface area contributed by atoms with Gasteiger partial charge in [-0.15, -0.1) is 0 Å². The SMILES string of the molecule is C=NC(=NC(=NC)c1ccc(Cl)c(C(C)C)c1)C1CCC(CNC(=O)C(C)(C)C(F)(F)F)=CC=C1Cl. The Morgan fingerprint density at radius 3 is 2.44 bits per heavy atom. The van der Waals surface area contributed by atoms with E-state index in [9.17, 15) is 18.0 Å². The first-order valence-corrected chi connectivity index (χ1v) is 12.2. The van der Waals surface area contributed by atoms with Crippen molar-refractivity contribution in [1.82, 2.24) is 5.32 Å². The van der Waals surface area contributed by atoms with E-state index in [1.54, 1.807) is 25.3 Å². The van der Waals surface area contributed by atoms with Crippen LogP contribution in [0.3, 0.4) is 0 Å². The number of rotatable bonds is 6. The third-order valence-corrected chi connectivity index (χ3v) is 6.83. The van der Waals surface area contributed by atoms with Gasteiger partial charge in [-0.25, -0.2) is 9.98 Å². The summed E-state index contributed by atoms with van der Waals surface area (Å²) in [5.74, 6) is -0.458. The number of hydrogen-bond acceptors (Lipinski definition) is 2. The summed E-state index contributed by atoms with van der Waals surface area (Å²) in [4.78, 5) is 25.2. The number of alkyl halides is 3. The van der Waals surface area contributed by atoms with Crippen molar-refractivity contribution in [3.05, 3.63) is 57.1 Å². The van der Waals surface area contributed by atoms with Gasteiger partial charge in [-0.2, -0.15) is 13.2 Å². The fourth-order valence-electron chi connectivity index (χ4n) is 3.51. The number of carbonyl (C=O) groups excluding carboxylic acids is 1. The summed E-state index contributed by atoms with van der Waals surface area (Å²) in [5.41, 5.74) is -0.0209. The molecule has 1 amide bonds. The predicted octanol–water partition coefficient (Wildman–Crippen LogP) is 7.10. The Morgan fingerprint density at radius 1 is 1.22 bits per heavy atom. The molecule has 1 aliphatic carbocycles. The molecule has 0 heterocycles. The molecule has 1 aromatic rings. The first kappa shape index (κ1) is 29.8. The number of hydrogen-bond donors (Lipinski definition) is 1. The average molecular weight is 543 g/mol. The number of allylic oxidation sites excluding steroid dienone is 2. The molecule has 0 fully saturated rings. The molecule has 0 radical (unpaired) electrons. The van der Waals surface area contributed by atoms with E-state index >= 15 is 0 Å². The van der Waals surface area contributed by atoms with E-state index in [1.807, 2.05) is 26.0 Å². The van der Waals surface area contributed by atoms with E-state index in [0.717, 1.165) is 30.5 Å². The average Bonchev–Trinajstić information content (AvgIpc) is 2.99. The molecule has 2 rings (SSSR count). The normalized spacial score (nSPS) is 17.9. The molecule has 10 heteroatoms. The van der Waals surface area contributed by atoms with Crippen LogP contribution < -0.4 is 5.32 Å². The van der Waals surface area contributed by atoms with Crippen molar-refractivity contribution in [3.8, 4) is 0 Å². The molecular weight excluding hydrogens is 512 g/mol. The lowest BCUT2D eigenvalue weighted by atomic mass is 9.91. The van der Waals surface area contributed by atoms with Crippen molar-refractivity contribution in [3.63, 3.8) is 0 Å². The number of nitrogens with one attached hydrogen (secondary N) is 1. The van der Waals surface area contributed by atoms with Crippen molar-refractivity contribution in [2.45, 2.75) is 52.6 Å². The molecule has 1 aliphatic rings. The Bertz CT molecular complexity index is 1120. The van der Waals surface area contributed by atoms with Gasteiger partial charge in [-0.3, -0.25) is 9.79 Å². The number of halogens is 5. The zero-order valence-corrected chi connectivity index (χ0v) is 22.5. The van der Waals surface area contributed by atoms with E-state index in [4.69, 9.17) is 23.2 Å². The lowest BCUT2D eigenvalue weighted by Crippen LogP contribution is -2.47. The van der Waals surface area contributed by atoms with Crippen LogP contribution in [0.4, 0.5) is 13.2 Å². The van der Waals surface area contributed by atoms with Crippen LogP contribution >= 0.6 is 23.2 Å². The third kappa shape index (κ3) is 7.07. The second-order valence-electron chi connectivity index (χ2n) is 9.34. The summed E-state index contributed by atoms with van der Waals surface area (Å²) in [6, 6.07) is 5.57. The van der Waals surface area contributed by atoms with Crippen LogP contribution in [-0.4, -0.2) is 44.1 Å². The van der Waals surface area contributed by atoms with Crippen LogP contribution in [0.1, 0.15) is 57.6 Å². The highest BCUT2D eigenvalue weighted by Crippen LogP contribution is 2.37. The van der Waals surface area contributed by atoms with Crippen molar-refractivity contribution < 1.29 is 18.0 Å². The van der Waals surface area contributed by atoms with Crippen LogP contribution in [0.5, 0.6) is 0 Å². The Labute approximate surface area is 220 Å². The van der Waals surface area contributed by atoms with Gasteiger partial charge >= 0.3 is 6.18 Å². The van der Waals surface area contributed by atoms with E-state index in [1.165, 1.54) is 0 Å². The largest absolute Gasteiger partial charge is 0.402 e. The standard InChI is InChI=1S/C26H31Cl2F3N4O/c1-15(2)19-13-17(9-12-21(19)28)22(32-5)35-23(33-6)18-10-7-16(8-11-20(18)27)14-34-24(36)25(3,4)26(29,30)31/h8-9,11-13,15,18H,6-7,10,14H2,1-5H3,(H,34,36). The smallest absolute Gasteiger partial charge is 0.352 e. The van der Waals surface area contributed by atoms with Crippen LogP contribution in [0.25, 0.3) is 0 Å². The number of aliphatic imine (C=N–C) groups is 3. The van der Waals surface area contributed by atoms with E-state index in [2.05, 4.69) is 27.0 Å². The fourth-order valence-corrected chi connectivity index (χ4v) is 4.11. The van der Waals surface area contributed by atoms with Gasteiger partial charge in [-0.1, -0.05) is 48.7 Å². The van der Waals surface area contributed by atoms with Crippen molar-refractivity contribution in [2.75, 3.05) is 13.6 Å². The van der Waals surface area contributed by atoms with Gasteiger partial charge in [0.25, 0.3) is 0 Å². The number of amides is 1. The van der Waals surface area contributed by atoms with Crippen LogP contribution in [0, 0.1) is 11.3 Å². The molecule has 1 aromatic carbocycles. The van der Waals surface area contributed by atoms with Gasteiger partial charge in [-0.05, 0) is 69.2 Å². The van der Waals surface area contributed by atoms with Crippen molar-refractivity contribution in [2.24, 2.45) is 26.3 Å². The minimum absolute atomic E-state index is 0.0237. The zero-order valence-electron chi connectivity index (χ0n) is 21.0. The number of amidine groups is 2. The second-order valence-corrected chi connectivity index (χ2v) is 10.2. The first-order chi connectivity index (χ1) is 16.7. The van der Waals surface area contributed by atoms with E-state index in [0.29, 0.717) is 34.6 Å². The second kappa shape index (κ2) is 12.2. The maximum Gasteiger partial charge on any atom is 0.402 e. The van der Waals surface area contributed by atoms with Gasteiger partial charge in [0.05, 0.1) is 5.92 Å². The molecule has 36 heavy (non-hydrogen) atoms. The number of carbonyl (C=O) groups is 1. The van der Waals surface area contributed by atoms with E-state index in [-0.39, 0.29) is 12.5 Å². The maximum atomic E-state index is 13.1. The van der Waals surface area contributed by atoms with Gasteiger partial charge in [0.1, 0.15) is 11.3 Å². The van der Waals surface area contributed by atoms with E-state index < -0.39 is 23.4 Å². The molecule has 0 spiro atoms. The van der Waals surface area contributed by atoms with Gasteiger partial charge in [0.15, 0.2) is 5.84 Å². The summed E-state index contributed by atoms with van der Waals surface area (Å²) in [7, 11) is 1.62. The van der Waals surface area contributed by atoms with Gasteiger partial charge < -0.3 is 5.32 Å². The summed E-state index contributed by atoms with van der Waals surface area (Å²) < 4.78 is 39.4. The Balaban J connectivity index is 2.20. The first-order valence-electron chi connectivity index (χ1n) is 11.4. The van der Waals surface area contributed by atoms with Crippen molar-refractivity contribution >= 4 is 47.5 Å². The summed E-state index contributed by atoms with van der Waals surface area (Å²) in [5, 5.41) is 3.50. The van der Waals surface area contributed by atoms with Gasteiger partial charge in [0, 0.05) is 29.2 Å². The molecule has 0 saturated carbocycles. The minimum atomic E-state index is -4.65. The number of benzene rings is 1. The molecule has 196 valence electrons. The minimum Gasteiger partial charge on any atom is -0.352 e. The fraction of sp³-hybridized carbons (Fsp3) is 0.462. The Morgan fingerprint density at radius 2 is 1.89 bits per heavy atom. The highest BCUT2D eigenvalue weighted by atomic mass is 35.5. The maximum absolute atomic E-state index is 13.1. The summed E-state index contributed by atoms with van der Waals surface area (Å²) in [6.45, 7) is 9.42. The molecule has 0 saturated heterocycles. The lowest BCUT2D eigenvalue weighted by molar-refractivity contribution is -0.211. The third-order valence-electron chi connectivity index (χ3n) is 6.10. The molecule has 1 unspecified atom stereocenters. The molecular formula is C26H31Cl2F3N4O. The molecule has 1 atom stereocenters. The summed E-state index contributed by atoms with van der Waals surface area (Å²) in [6.07, 6.45) is -0.351. The van der Waals surface area contributed by atoms with Crippen LogP contribution in [0.15, 0.2) is 55.9 Å². The Kier molecular flexibility index (Phi) is 10.1. The molecule has 0 bridgehead atoms. The lowest BCUT2D eigenvalue weighted by Gasteiger charge is -2.26. The predicted molar refractivity (Wildman–Crippen MR) is 143 cm³/mol. The molecule has 0 aliphatic heterocycles. The van der Waals surface area contributed by atoms with Crippen LogP contribution in [0.2, 0.25) is 5.02 Å². The van der Waals surface area contributed by atoms with Crippen molar-refractivity contribution in [1.29, 1.82) is 0 Å². The Hall–Kier alpha value is -2.45. The van der Waals surface area contributed by atoms with Gasteiger partial charge in [0.2, 0.25) is 5.91 Å². The highest BCUT2D eigenvalue weighted by molar-refractivity contribution is 6.32. The topological polar surface area (TPSA) is 66.2 Å². The highest BCUT2D eigenvalue weighted by Gasteiger charge is 2.52. The quantitative estimate of drug-likeness (QED) is 0.302. The number of nitrogens with zero attached hydrogens (tertiary/aromatic N) is 3.